The van der Waals surface area contributed by atoms with Gasteiger partial charge in [-0.05, 0) is 37.8 Å². The van der Waals surface area contributed by atoms with Crippen LogP contribution in [0.5, 0.6) is 0 Å². The predicted molar refractivity (Wildman–Crippen MR) is 75.3 cm³/mol. The van der Waals surface area contributed by atoms with Crippen LogP contribution < -0.4 is 0 Å². The number of imidazole rings is 1. The van der Waals surface area contributed by atoms with E-state index in [2.05, 4.69) is 15.0 Å². The average Bonchev–Trinajstić information content (AvgIpc) is 3.07. The molecule has 1 aliphatic carbocycles. The van der Waals surface area contributed by atoms with Gasteiger partial charge in [0.15, 0.2) is 5.65 Å². The van der Waals surface area contributed by atoms with E-state index in [4.69, 9.17) is 4.74 Å². The number of nitrogens with zero attached hydrogens (tertiary/aromatic N) is 2. The average molecular weight is 273 g/mol. The van der Waals surface area contributed by atoms with Gasteiger partial charge in [0.1, 0.15) is 11.7 Å². The summed E-state index contributed by atoms with van der Waals surface area (Å²) in [6.45, 7) is 1.93. The second kappa shape index (κ2) is 5.23. The molecule has 0 aliphatic heterocycles. The molecule has 5 nitrogen and oxygen atoms in total. The van der Waals surface area contributed by atoms with Crippen LogP contribution in [-0.4, -0.2) is 28.0 Å². The van der Waals surface area contributed by atoms with E-state index in [1.54, 1.807) is 0 Å². The predicted octanol–water partition coefficient (Wildman–Crippen LogP) is 2.71. The van der Waals surface area contributed by atoms with E-state index >= 15 is 0 Å². The topological polar surface area (TPSA) is 67.9 Å². The molecule has 0 amide bonds. The highest BCUT2D eigenvalue weighted by molar-refractivity contribution is 5.79. The lowest BCUT2D eigenvalue weighted by atomic mass is 9.90. The van der Waals surface area contributed by atoms with Gasteiger partial charge in [-0.1, -0.05) is 12.8 Å². The van der Waals surface area contributed by atoms with Crippen molar-refractivity contribution in [3.05, 3.63) is 23.7 Å². The summed E-state index contributed by atoms with van der Waals surface area (Å²) in [5, 5.41) is 0. The molecule has 1 atom stereocenters. The molecule has 1 saturated carbocycles. The number of aromatic amines is 1. The summed E-state index contributed by atoms with van der Waals surface area (Å²) < 4.78 is 4.98. The van der Waals surface area contributed by atoms with Gasteiger partial charge in [0.05, 0.1) is 12.6 Å². The summed E-state index contributed by atoms with van der Waals surface area (Å²) in [4.78, 5) is 24.3. The van der Waals surface area contributed by atoms with Gasteiger partial charge in [-0.15, -0.1) is 0 Å². The van der Waals surface area contributed by atoms with Crippen molar-refractivity contribution < 1.29 is 9.53 Å². The highest BCUT2D eigenvalue weighted by Crippen LogP contribution is 2.37. The highest BCUT2D eigenvalue weighted by Gasteiger charge is 2.35. The monoisotopic (exact) mass is 273 g/mol. The fourth-order valence-electron chi connectivity index (χ4n) is 3.10. The quantitative estimate of drug-likeness (QED) is 0.873. The normalized spacial score (nSPS) is 17.5. The van der Waals surface area contributed by atoms with Crippen LogP contribution in [0.15, 0.2) is 12.1 Å². The molecule has 1 aliphatic rings. The summed E-state index contributed by atoms with van der Waals surface area (Å²) in [7, 11) is 1.44. The molecular formula is C15H19N3O2. The minimum Gasteiger partial charge on any atom is -0.468 e. The van der Waals surface area contributed by atoms with Crippen molar-refractivity contribution in [2.24, 2.45) is 5.92 Å². The van der Waals surface area contributed by atoms with Crippen LogP contribution in [0, 0.1) is 12.8 Å². The largest absolute Gasteiger partial charge is 0.468 e. The Labute approximate surface area is 117 Å². The Balaban J connectivity index is 2.01. The van der Waals surface area contributed by atoms with Crippen LogP contribution >= 0.6 is 0 Å². The Kier molecular flexibility index (Phi) is 3.42. The van der Waals surface area contributed by atoms with E-state index < -0.39 is 0 Å². The Morgan fingerprint density at radius 2 is 2.10 bits per heavy atom. The lowest BCUT2D eigenvalue weighted by Gasteiger charge is -2.18. The Morgan fingerprint density at radius 3 is 2.80 bits per heavy atom. The maximum absolute atomic E-state index is 12.1. The zero-order valence-corrected chi connectivity index (χ0v) is 11.8. The number of pyridine rings is 1. The minimum absolute atomic E-state index is 0.201. The third-order valence-electron chi connectivity index (χ3n) is 4.12. The number of methoxy groups -OCH3 is 1. The summed E-state index contributed by atoms with van der Waals surface area (Å²) in [5.41, 5.74) is 2.47. The van der Waals surface area contributed by atoms with Crippen molar-refractivity contribution in [2.75, 3.05) is 7.11 Å². The van der Waals surface area contributed by atoms with Crippen LogP contribution in [0.25, 0.3) is 11.2 Å². The second-order valence-corrected chi connectivity index (χ2v) is 5.49. The Hall–Kier alpha value is -1.91. The SMILES string of the molecule is COC(=O)C(c1nc2nc(C)ccc2[nH]1)C1CCCC1. The van der Waals surface area contributed by atoms with Crippen LogP contribution in [0.3, 0.4) is 0 Å². The molecule has 1 unspecified atom stereocenters. The first-order valence-electron chi connectivity index (χ1n) is 7.10. The van der Waals surface area contributed by atoms with Gasteiger partial charge in [-0.25, -0.2) is 9.97 Å². The third-order valence-corrected chi connectivity index (χ3v) is 4.12. The first kappa shape index (κ1) is 13.1. The molecule has 0 radical (unpaired) electrons. The smallest absolute Gasteiger partial charge is 0.316 e. The molecule has 2 aromatic rings. The zero-order chi connectivity index (χ0) is 14.1. The fraction of sp³-hybridized carbons (Fsp3) is 0.533. The molecule has 20 heavy (non-hydrogen) atoms. The maximum atomic E-state index is 12.1. The van der Waals surface area contributed by atoms with Crippen molar-refractivity contribution in [1.82, 2.24) is 15.0 Å². The number of carbonyl (C=O) groups is 1. The molecule has 2 aromatic heterocycles. The Morgan fingerprint density at radius 1 is 1.35 bits per heavy atom. The number of hydrogen-bond acceptors (Lipinski definition) is 4. The third kappa shape index (κ3) is 2.28. The molecule has 1 N–H and O–H groups in total. The van der Waals surface area contributed by atoms with Gasteiger partial charge in [0.2, 0.25) is 0 Å². The molecule has 0 bridgehead atoms. The molecule has 2 heterocycles. The lowest BCUT2D eigenvalue weighted by Crippen LogP contribution is -2.22. The summed E-state index contributed by atoms with van der Waals surface area (Å²) in [5.74, 6) is 0.519. The molecule has 0 spiro atoms. The van der Waals surface area contributed by atoms with Gasteiger partial charge >= 0.3 is 5.97 Å². The number of ether oxygens (including phenoxy) is 1. The van der Waals surface area contributed by atoms with Crippen molar-refractivity contribution in [1.29, 1.82) is 0 Å². The van der Waals surface area contributed by atoms with Crippen molar-refractivity contribution in [2.45, 2.75) is 38.5 Å². The van der Waals surface area contributed by atoms with E-state index in [-0.39, 0.29) is 11.9 Å². The number of aryl methyl sites for hydroxylation is 1. The van der Waals surface area contributed by atoms with E-state index in [9.17, 15) is 4.79 Å². The summed E-state index contributed by atoms with van der Waals surface area (Å²) in [6.07, 6.45) is 4.47. The van der Waals surface area contributed by atoms with E-state index in [1.807, 2.05) is 19.1 Å². The van der Waals surface area contributed by atoms with E-state index in [0.717, 1.165) is 24.1 Å². The van der Waals surface area contributed by atoms with E-state index in [1.165, 1.54) is 20.0 Å². The zero-order valence-electron chi connectivity index (χ0n) is 11.8. The number of aromatic nitrogens is 3. The second-order valence-electron chi connectivity index (χ2n) is 5.49. The van der Waals surface area contributed by atoms with Crippen LogP contribution in [0.4, 0.5) is 0 Å². The van der Waals surface area contributed by atoms with Crippen molar-refractivity contribution in [3.63, 3.8) is 0 Å². The number of hydrogen-bond donors (Lipinski definition) is 1. The molecular weight excluding hydrogens is 254 g/mol. The number of H-pyrrole nitrogens is 1. The van der Waals surface area contributed by atoms with Crippen molar-refractivity contribution >= 4 is 17.1 Å². The molecule has 106 valence electrons. The number of rotatable bonds is 3. The number of esters is 1. The molecule has 0 aromatic carbocycles. The van der Waals surface area contributed by atoms with Gasteiger partial charge < -0.3 is 9.72 Å². The molecule has 0 saturated heterocycles. The van der Waals surface area contributed by atoms with Crippen molar-refractivity contribution in [3.8, 4) is 0 Å². The minimum atomic E-state index is -0.294. The van der Waals surface area contributed by atoms with E-state index in [0.29, 0.717) is 17.4 Å². The van der Waals surface area contributed by atoms with Gasteiger partial charge in [0, 0.05) is 5.69 Å². The summed E-state index contributed by atoms with van der Waals surface area (Å²) in [6, 6.07) is 3.89. The lowest BCUT2D eigenvalue weighted by molar-refractivity contribution is -0.144. The molecule has 1 fully saturated rings. The maximum Gasteiger partial charge on any atom is 0.316 e. The van der Waals surface area contributed by atoms with Crippen LogP contribution in [0.1, 0.15) is 43.1 Å². The Bertz CT molecular complexity index is 629. The van der Waals surface area contributed by atoms with Crippen LogP contribution in [-0.2, 0) is 9.53 Å². The highest BCUT2D eigenvalue weighted by atomic mass is 16.5. The molecule has 3 rings (SSSR count). The van der Waals surface area contributed by atoms with Gasteiger partial charge in [0.25, 0.3) is 0 Å². The first-order valence-corrected chi connectivity index (χ1v) is 7.10. The number of fused-ring (bicyclic) bond motifs is 1. The standard InChI is InChI=1S/C15H19N3O2/c1-9-7-8-11-13(16-9)18-14(17-11)12(15(19)20-2)10-5-3-4-6-10/h7-8,10,12H,3-6H2,1-2H3,(H,16,17,18). The first-order chi connectivity index (χ1) is 9.69. The fourth-order valence-corrected chi connectivity index (χ4v) is 3.10. The molecule has 5 heteroatoms. The van der Waals surface area contributed by atoms with Gasteiger partial charge in [-0.2, -0.15) is 0 Å². The summed E-state index contributed by atoms with van der Waals surface area (Å²) >= 11 is 0. The van der Waals surface area contributed by atoms with Gasteiger partial charge in [-0.3, -0.25) is 4.79 Å². The number of carbonyl (C=O) groups excluding carboxylic acids is 1. The van der Waals surface area contributed by atoms with Crippen LogP contribution in [0.2, 0.25) is 0 Å². The number of nitrogens with one attached hydrogen (secondary N) is 1.